The van der Waals surface area contributed by atoms with Crippen molar-refractivity contribution in [1.29, 1.82) is 0 Å². The smallest absolute Gasteiger partial charge is 0.312 e. The first-order chi connectivity index (χ1) is 6.16. The minimum atomic E-state index is -0.945. The molecule has 0 bridgehead atoms. The van der Waals surface area contributed by atoms with Crippen molar-refractivity contribution in [2.24, 2.45) is 5.92 Å². The number of hydrogen-bond donors (Lipinski definition) is 1. The lowest BCUT2D eigenvalue weighted by Gasteiger charge is -1.84. The molecule has 1 fully saturated rings. The van der Waals surface area contributed by atoms with Crippen molar-refractivity contribution < 1.29 is 14.4 Å². The Hall–Kier alpha value is -1.39. The van der Waals surface area contributed by atoms with Crippen molar-refractivity contribution in [2.45, 2.75) is 25.7 Å². The zero-order valence-electron chi connectivity index (χ0n) is 7.23. The van der Waals surface area contributed by atoms with Gasteiger partial charge >= 0.3 is 5.97 Å². The Bertz CT molecular complexity index is 334. The van der Waals surface area contributed by atoms with Gasteiger partial charge in [0.15, 0.2) is 5.82 Å². The van der Waals surface area contributed by atoms with Crippen molar-refractivity contribution >= 4 is 5.97 Å². The highest BCUT2D eigenvalue weighted by atomic mass is 16.5. The summed E-state index contributed by atoms with van der Waals surface area (Å²) in [5.41, 5.74) is 0. The van der Waals surface area contributed by atoms with Crippen LogP contribution in [-0.4, -0.2) is 21.2 Å². The summed E-state index contributed by atoms with van der Waals surface area (Å²) in [6.07, 6.45) is 0.889. The Labute approximate surface area is 74.8 Å². The van der Waals surface area contributed by atoms with Gasteiger partial charge in [-0.3, -0.25) is 4.79 Å². The summed E-state index contributed by atoms with van der Waals surface area (Å²) >= 11 is 0. The predicted molar refractivity (Wildman–Crippen MR) is 42.2 cm³/mol. The molecular formula is C8H10N2O3. The summed E-state index contributed by atoms with van der Waals surface area (Å²) in [6, 6.07) is 0. The second-order valence-electron chi connectivity index (χ2n) is 3.44. The van der Waals surface area contributed by atoms with Crippen molar-refractivity contribution in [3.8, 4) is 0 Å². The van der Waals surface area contributed by atoms with Crippen molar-refractivity contribution in [2.75, 3.05) is 0 Å². The Morgan fingerprint density at radius 2 is 2.46 bits per heavy atom. The highest BCUT2D eigenvalue weighted by Crippen LogP contribution is 2.45. The minimum absolute atomic E-state index is 0.186. The second kappa shape index (κ2) is 2.83. The highest BCUT2D eigenvalue weighted by Gasteiger charge is 2.38. The number of carboxylic acids is 1. The molecule has 0 radical (unpaired) electrons. The van der Waals surface area contributed by atoms with E-state index in [0.29, 0.717) is 17.7 Å². The summed E-state index contributed by atoms with van der Waals surface area (Å²) < 4.78 is 4.78. The quantitative estimate of drug-likeness (QED) is 0.748. The van der Waals surface area contributed by atoms with Gasteiger partial charge in [-0.2, -0.15) is 4.98 Å². The molecule has 1 aromatic heterocycles. The number of carboxylic acid groups (broad SMARTS) is 1. The molecule has 0 unspecified atom stereocenters. The predicted octanol–water partition coefficient (Wildman–Crippen LogP) is 0.820. The van der Waals surface area contributed by atoms with Gasteiger partial charge in [0.05, 0.1) is 0 Å². The van der Waals surface area contributed by atoms with Crippen LogP contribution < -0.4 is 0 Å². The fourth-order valence-electron chi connectivity index (χ4n) is 1.30. The third kappa shape index (κ3) is 1.68. The monoisotopic (exact) mass is 182 g/mol. The first-order valence-electron chi connectivity index (χ1n) is 4.21. The summed E-state index contributed by atoms with van der Waals surface area (Å²) in [5, 5.41) is 12.2. The van der Waals surface area contributed by atoms with Gasteiger partial charge in [0.25, 0.3) is 0 Å². The molecule has 0 amide bonds. The van der Waals surface area contributed by atoms with E-state index in [1.165, 1.54) is 0 Å². The van der Waals surface area contributed by atoms with E-state index in [9.17, 15) is 4.79 Å². The molecule has 1 aliphatic rings. The first kappa shape index (κ1) is 8.22. The van der Waals surface area contributed by atoms with Crippen LogP contribution in [0.25, 0.3) is 0 Å². The van der Waals surface area contributed by atoms with Crippen LogP contribution in [0.3, 0.4) is 0 Å². The average molecular weight is 182 g/mol. The lowest BCUT2D eigenvalue weighted by atomic mass is 10.3. The topological polar surface area (TPSA) is 76.2 Å². The molecule has 13 heavy (non-hydrogen) atoms. The maximum absolute atomic E-state index is 10.3. The Morgan fingerprint density at radius 3 is 3.00 bits per heavy atom. The lowest BCUT2D eigenvalue weighted by molar-refractivity contribution is -0.136. The van der Waals surface area contributed by atoms with Crippen LogP contribution in [0.1, 0.15) is 31.0 Å². The molecule has 1 saturated carbocycles. The molecule has 0 aliphatic heterocycles. The number of nitrogens with zero attached hydrogens (tertiary/aromatic N) is 2. The van der Waals surface area contributed by atoms with E-state index < -0.39 is 5.97 Å². The SMILES string of the molecule is C[C@@H]1C[C@H]1c1noc(CC(=O)O)n1. The molecular weight excluding hydrogens is 172 g/mol. The van der Waals surface area contributed by atoms with E-state index in [0.717, 1.165) is 6.42 Å². The second-order valence-corrected chi connectivity index (χ2v) is 3.44. The van der Waals surface area contributed by atoms with Gasteiger partial charge in [0, 0.05) is 5.92 Å². The molecule has 5 heteroatoms. The van der Waals surface area contributed by atoms with Crippen LogP contribution in [0.15, 0.2) is 4.52 Å². The van der Waals surface area contributed by atoms with Crippen LogP contribution in [0, 0.1) is 5.92 Å². The van der Waals surface area contributed by atoms with Crippen LogP contribution >= 0.6 is 0 Å². The maximum Gasteiger partial charge on any atom is 0.312 e. The van der Waals surface area contributed by atoms with E-state index in [2.05, 4.69) is 17.1 Å². The van der Waals surface area contributed by atoms with Crippen molar-refractivity contribution in [3.63, 3.8) is 0 Å². The lowest BCUT2D eigenvalue weighted by Crippen LogP contribution is -2.00. The van der Waals surface area contributed by atoms with E-state index in [1.807, 2.05) is 0 Å². The van der Waals surface area contributed by atoms with Gasteiger partial charge in [0.1, 0.15) is 6.42 Å². The summed E-state index contributed by atoms with van der Waals surface area (Å²) in [7, 11) is 0. The largest absolute Gasteiger partial charge is 0.481 e. The standard InChI is InChI=1S/C8H10N2O3/c1-4-2-5(4)8-9-6(13-10-8)3-7(11)12/h4-5H,2-3H2,1H3,(H,11,12)/t4-,5-/m1/s1. The third-order valence-electron chi connectivity index (χ3n) is 2.23. The third-order valence-corrected chi connectivity index (χ3v) is 2.23. The van der Waals surface area contributed by atoms with Crippen LogP contribution in [0.5, 0.6) is 0 Å². The van der Waals surface area contributed by atoms with Gasteiger partial charge in [-0.05, 0) is 12.3 Å². The number of aromatic nitrogens is 2. The van der Waals surface area contributed by atoms with Crippen LogP contribution in [0.4, 0.5) is 0 Å². The summed E-state index contributed by atoms with van der Waals surface area (Å²) in [6.45, 7) is 2.11. The normalized spacial score (nSPS) is 25.9. The summed E-state index contributed by atoms with van der Waals surface area (Å²) in [4.78, 5) is 14.3. The number of aliphatic carboxylic acids is 1. The molecule has 1 aromatic rings. The molecule has 2 rings (SSSR count). The van der Waals surface area contributed by atoms with Crippen molar-refractivity contribution in [1.82, 2.24) is 10.1 Å². The molecule has 0 spiro atoms. The molecule has 5 nitrogen and oxygen atoms in total. The fraction of sp³-hybridized carbons (Fsp3) is 0.625. The zero-order valence-corrected chi connectivity index (χ0v) is 7.23. The van der Waals surface area contributed by atoms with Crippen molar-refractivity contribution in [3.05, 3.63) is 11.7 Å². The van der Waals surface area contributed by atoms with Gasteiger partial charge in [0.2, 0.25) is 5.89 Å². The number of rotatable bonds is 3. The molecule has 1 N–H and O–H groups in total. The van der Waals surface area contributed by atoms with E-state index in [4.69, 9.17) is 9.63 Å². The van der Waals surface area contributed by atoms with E-state index in [-0.39, 0.29) is 12.3 Å². The maximum atomic E-state index is 10.3. The molecule has 2 atom stereocenters. The average Bonchev–Trinajstić information content (AvgIpc) is 2.60. The van der Waals surface area contributed by atoms with Crippen LogP contribution in [-0.2, 0) is 11.2 Å². The number of hydrogen-bond acceptors (Lipinski definition) is 4. The molecule has 0 aromatic carbocycles. The van der Waals surface area contributed by atoms with E-state index >= 15 is 0 Å². The fourth-order valence-corrected chi connectivity index (χ4v) is 1.30. The minimum Gasteiger partial charge on any atom is -0.481 e. The number of carbonyl (C=O) groups is 1. The first-order valence-corrected chi connectivity index (χ1v) is 4.21. The van der Waals surface area contributed by atoms with Gasteiger partial charge < -0.3 is 9.63 Å². The van der Waals surface area contributed by atoms with Gasteiger partial charge in [-0.15, -0.1) is 0 Å². The van der Waals surface area contributed by atoms with Crippen LogP contribution in [0.2, 0.25) is 0 Å². The molecule has 70 valence electrons. The Morgan fingerprint density at radius 1 is 1.77 bits per heavy atom. The zero-order chi connectivity index (χ0) is 9.42. The highest BCUT2D eigenvalue weighted by molar-refractivity contribution is 5.68. The molecule has 1 heterocycles. The molecule has 1 aliphatic carbocycles. The van der Waals surface area contributed by atoms with Gasteiger partial charge in [-0.25, -0.2) is 0 Å². The summed E-state index contributed by atoms with van der Waals surface area (Å²) in [5.74, 6) is 0.894. The van der Waals surface area contributed by atoms with Gasteiger partial charge in [-0.1, -0.05) is 12.1 Å². The molecule has 0 saturated heterocycles. The van der Waals surface area contributed by atoms with E-state index in [1.54, 1.807) is 0 Å². The Kier molecular flexibility index (Phi) is 1.79. The Balaban J connectivity index is 2.05.